The lowest BCUT2D eigenvalue weighted by atomic mass is 9.85. The summed E-state index contributed by atoms with van der Waals surface area (Å²) >= 11 is 0. The summed E-state index contributed by atoms with van der Waals surface area (Å²) in [7, 11) is 0. The Morgan fingerprint density at radius 1 is 1.35 bits per heavy atom. The summed E-state index contributed by atoms with van der Waals surface area (Å²) in [6, 6.07) is 0. The average molecular weight is 274 g/mol. The fourth-order valence-corrected chi connectivity index (χ4v) is 2.65. The summed E-state index contributed by atoms with van der Waals surface area (Å²) in [6.45, 7) is 7.08. The van der Waals surface area contributed by atoms with Gasteiger partial charge in [-0.15, -0.1) is 0 Å². The van der Waals surface area contributed by atoms with Crippen molar-refractivity contribution in [2.45, 2.75) is 33.1 Å². The summed E-state index contributed by atoms with van der Waals surface area (Å²) in [4.78, 5) is 11.5. The van der Waals surface area contributed by atoms with Crippen molar-refractivity contribution in [2.24, 2.45) is 5.92 Å². The van der Waals surface area contributed by atoms with Crippen molar-refractivity contribution >= 4 is 22.8 Å². The molecule has 0 bridgehead atoms. The van der Waals surface area contributed by atoms with Gasteiger partial charge in [-0.1, -0.05) is 6.42 Å². The molecule has 1 saturated carbocycles. The molecule has 0 atom stereocenters. The van der Waals surface area contributed by atoms with Gasteiger partial charge in [-0.3, -0.25) is 5.10 Å². The molecule has 6 nitrogen and oxygen atoms in total. The standard InChI is InChI=1S/C14H22N6/c1-3-15-14-17-12-11(8-16-19-12)13(18-14)20(4-2)9-10-6-5-7-10/h8,10H,3-7,9H2,1-2H3,(H2,15,16,17,18,19). The van der Waals surface area contributed by atoms with Crippen molar-refractivity contribution in [1.82, 2.24) is 20.2 Å². The minimum atomic E-state index is 0.673. The van der Waals surface area contributed by atoms with E-state index in [1.807, 2.05) is 13.1 Å². The maximum Gasteiger partial charge on any atom is 0.226 e. The van der Waals surface area contributed by atoms with Crippen molar-refractivity contribution in [3.63, 3.8) is 0 Å². The first kappa shape index (κ1) is 13.1. The van der Waals surface area contributed by atoms with Crippen molar-refractivity contribution in [2.75, 3.05) is 29.9 Å². The van der Waals surface area contributed by atoms with Gasteiger partial charge in [0.25, 0.3) is 0 Å². The Morgan fingerprint density at radius 2 is 2.20 bits per heavy atom. The molecule has 2 N–H and O–H groups in total. The van der Waals surface area contributed by atoms with E-state index in [0.29, 0.717) is 5.95 Å². The topological polar surface area (TPSA) is 69.7 Å². The zero-order valence-electron chi connectivity index (χ0n) is 12.2. The number of anilines is 2. The lowest BCUT2D eigenvalue weighted by molar-refractivity contribution is 0.318. The van der Waals surface area contributed by atoms with E-state index >= 15 is 0 Å². The maximum atomic E-state index is 4.69. The largest absolute Gasteiger partial charge is 0.356 e. The first-order valence-corrected chi connectivity index (χ1v) is 7.51. The quantitative estimate of drug-likeness (QED) is 0.846. The van der Waals surface area contributed by atoms with Gasteiger partial charge in [0.2, 0.25) is 5.95 Å². The summed E-state index contributed by atoms with van der Waals surface area (Å²) in [5.74, 6) is 2.48. The van der Waals surface area contributed by atoms with Gasteiger partial charge in [0.05, 0.1) is 11.6 Å². The van der Waals surface area contributed by atoms with Gasteiger partial charge in [0.15, 0.2) is 5.65 Å². The average Bonchev–Trinajstić information content (AvgIpc) is 2.86. The van der Waals surface area contributed by atoms with Gasteiger partial charge in [-0.2, -0.15) is 15.1 Å². The molecule has 0 aromatic carbocycles. The molecule has 108 valence electrons. The van der Waals surface area contributed by atoms with Gasteiger partial charge in [-0.25, -0.2) is 0 Å². The fourth-order valence-electron chi connectivity index (χ4n) is 2.65. The van der Waals surface area contributed by atoms with E-state index in [4.69, 9.17) is 0 Å². The van der Waals surface area contributed by atoms with Gasteiger partial charge in [0, 0.05) is 19.6 Å². The number of aromatic amines is 1. The van der Waals surface area contributed by atoms with Gasteiger partial charge < -0.3 is 10.2 Å². The second-order valence-electron chi connectivity index (χ2n) is 5.37. The zero-order chi connectivity index (χ0) is 13.9. The molecule has 6 heteroatoms. The Hall–Kier alpha value is -1.85. The van der Waals surface area contributed by atoms with Crippen LogP contribution in [-0.4, -0.2) is 39.8 Å². The van der Waals surface area contributed by atoms with Crippen LogP contribution >= 0.6 is 0 Å². The number of aromatic nitrogens is 4. The summed E-state index contributed by atoms with van der Waals surface area (Å²) in [5, 5.41) is 11.3. The fraction of sp³-hybridized carbons (Fsp3) is 0.643. The zero-order valence-corrected chi connectivity index (χ0v) is 12.2. The molecule has 1 aliphatic rings. The van der Waals surface area contributed by atoms with Crippen LogP contribution in [0.1, 0.15) is 33.1 Å². The number of H-pyrrole nitrogens is 1. The van der Waals surface area contributed by atoms with Crippen molar-refractivity contribution in [1.29, 1.82) is 0 Å². The summed E-state index contributed by atoms with van der Waals surface area (Å²) in [6.07, 6.45) is 5.88. The second-order valence-corrected chi connectivity index (χ2v) is 5.37. The van der Waals surface area contributed by atoms with Crippen LogP contribution in [0, 0.1) is 5.92 Å². The lowest BCUT2D eigenvalue weighted by Gasteiger charge is -2.32. The molecule has 0 aliphatic heterocycles. The highest BCUT2D eigenvalue weighted by atomic mass is 15.3. The second kappa shape index (κ2) is 5.64. The van der Waals surface area contributed by atoms with Crippen molar-refractivity contribution < 1.29 is 0 Å². The molecular formula is C14H22N6. The third-order valence-electron chi connectivity index (χ3n) is 4.01. The van der Waals surface area contributed by atoms with Crippen LogP contribution in [0.3, 0.4) is 0 Å². The molecule has 2 aromatic heterocycles. The molecule has 2 heterocycles. The van der Waals surface area contributed by atoms with E-state index in [9.17, 15) is 0 Å². The van der Waals surface area contributed by atoms with Crippen LogP contribution in [-0.2, 0) is 0 Å². The third-order valence-corrected chi connectivity index (χ3v) is 4.01. The highest BCUT2D eigenvalue weighted by Crippen LogP contribution is 2.30. The number of hydrogen-bond donors (Lipinski definition) is 2. The number of hydrogen-bond acceptors (Lipinski definition) is 5. The summed E-state index contributed by atoms with van der Waals surface area (Å²) in [5.41, 5.74) is 0.804. The number of rotatable bonds is 6. The first-order valence-electron chi connectivity index (χ1n) is 7.51. The van der Waals surface area contributed by atoms with Crippen LogP contribution < -0.4 is 10.2 Å². The van der Waals surface area contributed by atoms with E-state index in [0.717, 1.165) is 42.4 Å². The Morgan fingerprint density at radius 3 is 2.85 bits per heavy atom. The molecule has 2 aromatic rings. The monoisotopic (exact) mass is 274 g/mol. The van der Waals surface area contributed by atoms with Gasteiger partial charge >= 0.3 is 0 Å². The molecule has 1 fully saturated rings. The maximum absolute atomic E-state index is 4.69. The predicted octanol–water partition coefficient (Wildman–Crippen LogP) is 2.41. The van der Waals surface area contributed by atoms with Crippen molar-refractivity contribution in [3.05, 3.63) is 6.20 Å². The van der Waals surface area contributed by atoms with Crippen LogP contribution in [0.4, 0.5) is 11.8 Å². The number of nitrogens with zero attached hydrogens (tertiary/aromatic N) is 4. The molecule has 0 radical (unpaired) electrons. The number of fused-ring (bicyclic) bond motifs is 1. The van der Waals surface area contributed by atoms with Crippen LogP contribution in [0.15, 0.2) is 6.20 Å². The lowest BCUT2D eigenvalue weighted by Crippen LogP contribution is -2.33. The molecule has 3 rings (SSSR count). The highest BCUT2D eigenvalue weighted by Gasteiger charge is 2.22. The molecule has 0 spiro atoms. The van der Waals surface area contributed by atoms with Gasteiger partial charge in [-0.05, 0) is 32.6 Å². The normalized spacial score (nSPS) is 15.3. The van der Waals surface area contributed by atoms with E-state index in [2.05, 4.69) is 37.3 Å². The minimum absolute atomic E-state index is 0.673. The van der Waals surface area contributed by atoms with E-state index < -0.39 is 0 Å². The molecule has 0 unspecified atom stereocenters. The first-order chi connectivity index (χ1) is 9.81. The molecule has 20 heavy (non-hydrogen) atoms. The Balaban J connectivity index is 1.95. The molecule has 0 amide bonds. The van der Waals surface area contributed by atoms with Crippen molar-refractivity contribution in [3.8, 4) is 0 Å². The van der Waals surface area contributed by atoms with Crippen LogP contribution in [0.25, 0.3) is 11.0 Å². The van der Waals surface area contributed by atoms with Gasteiger partial charge in [0.1, 0.15) is 5.82 Å². The Kier molecular flexibility index (Phi) is 3.71. The predicted molar refractivity (Wildman–Crippen MR) is 81.1 cm³/mol. The van der Waals surface area contributed by atoms with E-state index in [-0.39, 0.29) is 0 Å². The van der Waals surface area contributed by atoms with Crippen LogP contribution in [0.2, 0.25) is 0 Å². The Labute approximate surface area is 119 Å². The van der Waals surface area contributed by atoms with E-state index in [1.54, 1.807) is 0 Å². The highest BCUT2D eigenvalue weighted by molar-refractivity contribution is 5.87. The molecule has 0 saturated heterocycles. The van der Waals surface area contributed by atoms with Crippen LogP contribution in [0.5, 0.6) is 0 Å². The van der Waals surface area contributed by atoms with E-state index in [1.165, 1.54) is 19.3 Å². The third kappa shape index (κ3) is 2.42. The molecule has 1 aliphatic carbocycles. The SMILES string of the molecule is CCNc1nc(N(CC)CC2CCC2)c2cn[nH]c2n1. The molecular weight excluding hydrogens is 252 g/mol. The Bertz CT molecular complexity index is 574. The summed E-state index contributed by atoms with van der Waals surface area (Å²) < 4.78 is 0. The number of nitrogens with one attached hydrogen (secondary N) is 2. The smallest absolute Gasteiger partial charge is 0.226 e. The minimum Gasteiger partial charge on any atom is -0.356 e.